The number of aromatic nitrogens is 1. The number of rotatable bonds is 5. The first-order valence-electron chi connectivity index (χ1n) is 10.4. The van der Waals surface area contributed by atoms with Gasteiger partial charge in [0.25, 0.3) is 0 Å². The van der Waals surface area contributed by atoms with Crippen molar-refractivity contribution in [2.75, 3.05) is 6.54 Å². The molecule has 0 saturated heterocycles. The Morgan fingerprint density at radius 1 is 1.07 bits per heavy atom. The minimum Gasteiger partial charge on any atom is -0.361 e. The largest absolute Gasteiger partial charge is 0.361 e. The second-order valence-corrected chi connectivity index (χ2v) is 8.43. The molecule has 152 valence electrons. The van der Waals surface area contributed by atoms with Crippen LogP contribution in [0.3, 0.4) is 0 Å². The highest BCUT2D eigenvalue weighted by Crippen LogP contribution is 2.47. The number of nitrogens with two attached hydrogens (primary N) is 1. The van der Waals surface area contributed by atoms with E-state index < -0.39 is 0 Å². The van der Waals surface area contributed by atoms with Crippen LogP contribution in [0, 0.1) is 17.8 Å². The summed E-state index contributed by atoms with van der Waals surface area (Å²) in [4.78, 5) is 16.4. The van der Waals surface area contributed by atoms with Gasteiger partial charge in [-0.15, -0.1) is 12.4 Å². The van der Waals surface area contributed by atoms with Crippen molar-refractivity contribution in [1.82, 2.24) is 10.3 Å². The van der Waals surface area contributed by atoms with Crippen molar-refractivity contribution in [3.05, 3.63) is 71.9 Å². The number of aromatic amines is 1. The second kappa shape index (κ2) is 8.21. The first-order valence-corrected chi connectivity index (χ1v) is 10.4. The van der Waals surface area contributed by atoms with Crippen LogP contribution < -0.4 is 11.1 Å². The standard InChI is InChI=1S/C24H27N3O.ClH/c25-23-17-11-10-16(12-17)22(23)24(28)27-13-19(15-6-2-1-3-7-15)20-14-26-21-9-5-4-8-18(20)21;/h1-9,14,16-17,19,22-23,26H,10-13,25H2,(H,27,28);1H. The Morgan fingerprint density at radius 3 is 2.55 bits per heavy atom. The summed E-state index contributed by atoms with van der Waals surface area (Å²) in [6.45, 7) is 0.589. The third-order valence-corrected chi connectivity index (χ3v) is 6.96. The molecule has 2 aliphatic carbocycles. The molecular formula is C24H28ClN3O. The maximum absolute atomic E-state index is 13.0. The number of hydrogen-bond donors (Lipinski definition) is 3. The molecule has 1 heterocycles. The van der Waals surface area contributed by atoms with E-state index in [4.69, 9.17) is 5.73 Å². The third-order valence-electron chi connectivity index (χ3n) is 6.96. The van der Waals surface area contributed by atoms with Crippen molar-refractivity contribution in [2.24, 2.45) is 23.5 Å². The first kappa shape index (κ1) is 20.0. The zero-order valence-corrected chi connectivity index (χ0v) is 17.2. The van der Waals surface area contributed by atoms with Gasteiger partial charge in [0.05, 0.1) is 5.92 Å². The molecule has 4 N–H and O–H groups in total. The summed E-state index contributed by atoms with van der Waals surface area (Å²) >= 11 is 0. The van der Waals surface area contributed by atoms with Crippen LogP contribution in [0.25, 0.3) is 10.9 Å². The van der Waals surface area contributed by atoms with Crippen LogP contribution in [-0.2, 0) is 4.79 Å². The number of H-pyrrole nitrogens is 1. The van der Waals surface area contributed by atoms with Gasteiger partial charge in [0.1, 0.15) is 0 Å². The Morgan fingerprint density at radius 2 is 1.79 bits per heavy atom. The quantitative estimate of drug-likeness (QED) is 0.590. The van der Waals surface area contributed by atoms with Gasteiger partial charge in [-0.05, 0) is 48.3 Å². The molecule has 1 amide bonds. The molecule has 0 spiro atoms. The number of nitrogens with one attached hydrogen (secondary N) is 2. The predicted molar refractivity (Wildman–Crippen MR) is 119 cm³/mol. The number of fused-ring (bicyclic) bond motifs is 3. The van der Waals surface area contributed by atoms with Crippen molar-refractivity contribution >= 4 is 29.2 Å². The average Bonchev–Trinajstić information content (AvgIpc) is 3.44. The number of carbonyl (C=O) groups excluding carboxylic acids is 1. The maximum atomic E-state index is 13.0. The molecule has 2 bridgehead atoms. The average molecular weight is 410 g/mol. The van der Waals surface area contributed by atoms with Crippen LogP contribution in [-0.4, -0.2) is 23.5 Å². The zero-order chi connectivity index (χ0) is 19.1. The van der Waals surface area contributed by atoms with Gasteiger partial charge in [-0.25, -0.2) is 0 Å². The summed E-state index contributed by atoms with van der Waals surface area (Å²) in [6, 6.07) is 18.8. The molecule has 0 radical (unpaired) electrons. The number of hydrogen-bond acceptors (Lipinski definition) is 2. The Balaban J connectivity index is 0.00000205. The van der Waals surface area contributed by atoms with E-state index in [-0.39, 0.29) is 36.2 Å². The van der Waals surface area contributed by atoms with Gasteiger partial charge in [-0.3, -0.25) is 4.79 Å². The summed E-state index contributed by atoms with van der Waals surface area (Å²) in [5, 5.41) is 4.47. The van der Waals surface area contributed by atoms with Crippen molar-refractivity contribution in [3.8, 4) is 0 Å². The fourth-order valence-electron chi connectivity index (χ4n) is 5.52. The van der Waals surface area contributed by atoms with E-state index in [2.05, 4.69) is 59.0 Å². The lowest BCUT2D eigenvalue weighted by atomic mass is 9.84. The van der Waals surface area contributed by atoms with Gasteiger partial charge >= 0.3 is 0 Å². The zero-order valence-electron chi connectivity index (χ0n) is 16.4. The topological polar surface area (TPSA) is 70.9 Å². The molecule has 2 fully saturated rings. The minimum absolute atomic E-state index is 0. The SMILES string of the molecule is Cl.NC1C2CCC(C2)C1C(=O)NCC(c1ccccc1)c1c[nH]c2ccccc12. The lowest BCUT2D eigenvalue weighted by Gasteiger charge is -2.28. The third kappa shape index (κ3) is 3.56. The highest BCUT2D eigenvalue weighted by molar-refractivity contribution is 5.85. The number of benzene rings is 2. The van der Waals surface area contributed by atoms with Crippen LogP contribution in [0.4, 0.5) is 0 Å². The van der Waals surface area contributed by atoms with E-state index in [0.29, 0.717) is 18.4 Å². The van der Waals surface area contributed by atoms with Gasteiger partial charge in [0, 0.05) is 35.6 Å². The summed E-state index contributed by atoms with van der Waals surface area (Å²) in [5.74, 6) is 1.25. The van der Waals surface area contributed by atoms with E-state index in [1.165, 1.54) is 22.9 Å². The van der Waals surface area contributed by atoms with Crippen molar-refractivity contribution < 1.29 is 4.79 Å². The van der Waals surface area contributed by atoms with Crippen LogP contribution in [0.15, 0.2) is 60.8 Å². The lowest BCUT2D eigenvalue weighted by Crippen LogP contribution is -2.46. The molecule has 5 unspecified atom stereocenters. The molecule has 4 nitrogen and oxygen atoms in total. The molecule has 5 heteroatoms. The number of halogens is 1. The smallest absolute Gasteiger partial charge is 0.225 e. The Kier molecular flexibility index (Phi) is 5.66. The van der Waals surface area contributed by atoms with Crippen LogP contribution in [0.5, 0.6) is 0 Å². The summed E-state index contributed by atoms with van der Waals surface area (Å²) < 4.78 is 0. The molecule has 0 aliphatic heterocycles. The highest BCUT2D eigenvalue weighted by Gasteiger charge is 2.49. The number of amides is 1. The first-order chi connectivity index (χ1) is 13.7. The molecule has 2 aliphatic rings. The molecule has 2 saturated carbocycles. The van der Waals surface area contributed by atoms with Gasteiger partial charge < -0.3 is 16.0 Å². The van der Waals surface area contributed by atoms with E-state index in [0.717, 1.165) is 18.4 Å². The highest BCUT2D eigenvalue weighted by atomic mass is 35.5. The van der Waals surface area contributed by atoms with Gasteiger partial charge in [-0.1, -0.05) is 48.5 Å². The van der Waals surface area contributed by atoms with Crippen molar-refractivity contribution in [1.29, 1.82) is 0 Å². The molecule has 5 rings (SSSR count). The molecule has 5 atom stereocenters. The number of carbonyl (C=O) groups is 1. The van der Waals surface area contributed by atoms with E-state index in [1.54, 1.807) is 0 Å². The minimum atomic E-state index is -0.0156. The van der Waals surface area contributed by atoms with Gasteiger partial charge in [-0.2, -0.15) is 0 Å². The summed E-state index contributed by atoms with van der Waals surface area (Å²) in [5.41, 5.74) is 9.95. The molecule has 1 aromatic heterocycles. The van der Waals surface area contributed by atoms with Crippen LogP contribution in [0.1, 0.15) is 36.3 Å². The number of para-hydroxylation sites is 1. The Labute approximate surface area is 177 Å². The Bertz CT molecular complexity index is 984. The van der Waals surface area contributed by atoms with E-state index in [9.17, 15) is 4.79 Å². The molecule has 3 aromatic rings. The maximum Gasteiger partial charge on any atom is 0.225 e. The normalized spacial score (nSPS) is 26.2. The lowest BCUT2D eigenvalue weighted by molar-refractivity contribution is -0.127. The second-order valence-electron chi connectivity index (χ2n) is 8.43. The van der Waals surface area contributed by atoms with Crippen LogP contribution >= 0.6 is 12.4 Å². The fraction of sp³-hybridized carbons (Fsp3) is 0.375. The summed E-state index contributed by atoms with van der Waals surface area (Å²) in [6.07, 6.45) is 5.56. The van der Waals surface area contributed by atoms with Crippen molar-refractivity contribution in [2.45, 2.75) is 31.2 Å². The van der Waals surface area contributed by atoms with Gasteiger partial charge in [0.15, 0.2) is 0 Å². The molecule has 2 aromatic carbocycles. The van der Waals surface area contributed by atoms with Gasteiger partial charge in [0.2, 0.25) is 5.91 Å². The predicted octanol–water partition coefficient (Wildman–Crippen LogP) is 4.21. The Hall–Kier alpha value is -2.30. The molecular weight excluding hydrogens is 382 g/mol. The summed E-state index contributed by atoms with van der Waals surface area (Å²) in [7, 11) is 0. The monoisotopic (exact) mass is 409 g/mol. The fourth-order valence-corrected chi connectivity index (χ4v) is 5.52. The van der Waals surface area contributed by atoms with Crippen LogP contribution in [0.2, 0.25) is 0 Å². The van der Waals surface area contributed by atoms with E-state index >= 15 is 0 Å². The van der Waals surface area contributed by atoms with Crippen molar-refractivity contribution in [3.63, 3.8) is 0 Å². The molecule has 29 heavy (non-hydrogen) atoms. The van der Waals surface area contributed by atoms with E-state index in [1.807, 2.05) is 12.1 Å².